The first-order chi connectivity index (χ1) is 10.2. The number of anilines is 1. The number of pyridine rings is 1. The fourth-order valence-electron chi connectivity index (χ4n) is 3.13. The number of aromatic nitrogens is 2. The first-order valence-electron chi connectivity index (χ1n) is 8.15. The maximum Gasteiger partial charge on any atom is 0.151 e. The first-order valence-corrected chi connectivity index (χ1v) is 8.15. The van der Waals surface area contributed by atoms with E-state index in [-0.39, 0.29) is 6.04 Å². The minimum Gasteiger partial charge on any atom is -0.355 e. The summed E-state index contributed by atoms with van der Waals surface area (Å²) in [4.78, 5) is 7.32. The Hall–Kier alpha value is -1.55. The first kappa shape index (κ1) is 14.4. The van der Waals surface area contributed by atoms with E-state index < -0.39 is 0 Å². The summed E-state index contributed by atoms with van der Waals surface area (Å²) in [5.74, 6) is 1.98. The molecule has 21 heavy (non-hydrogen) atoms. The highest BCUT2D eigenvalue weighted by Gasteiger charge is 2.24. The minimum atomic E-state index is 0.145. The number of imidazole rings is 1. The van der Waals surface area contributed by atoms with Crippen LogP contribution in [0.5, 0.6) is 0 Å². The smallest absolute Gasteiger partial charge is 0.151 e. The van der Waals surface area contributed by atoms with E-state index in [1.54, 1.807) is 0 Å². The van der Waals surface area contributed by atoms with Crippen molar-refractivity contribution in [2.45, 2.75) is 45.6 Å². The van der Waals surface area contributed by atoms with Crippen LogP contribution in [0.3, 0.4) is 0 Å². The van der Waals surface area contributed by atoms with Gasteiger partial charge in [-0.1, -0.05) is 12.5 Å². The lowest BCUT2D eigenvalue weighted by Gasteiger charge is -2.32. The van der Waals surface area contributed by atoms with Gasteiger partial charge in [0.2, 0.25) is 0 Å². The third-order valence-corrected chi connectivity index (χ3v) is 4.51. The van der Waals surface area contributed by atoms with Gasteiger partial charge < -0.3 is 15.0 Å². The maximum atomic E-state index is 6.06. The van der Waals surface area contributed by atoms with Gasteiger partial charge in [-0.2, -0.15) is 0 Å². The van der Waals surface area contributed by atoms with Gasteiger partial charge in [0.15, 0.2) is 5.82 Å². The van der Waals surface area contributed by atoms with Gasteiger partial charge in [0.25, 0.3) is 0 Å². The molecule has 0 saturated heterocycles. The number of hydrogen-bond acceptors (Lipinski definition) is 3. The zero-order valence-electron chi connectivity index (χ0n) is 13.1. The lowest BCUT2D eigenvalue weighted by atomic mass is 9.85. The molecule has 2 aromatic heterocycles. The Labute approximate surface area is 127 Å². The summed E-state index contributed by atoms with van der Waals surface area (Å²) < 4.78 is 2.20. The molecule has 2 heterocycles. The third-order valence-electron chi connectivity index (χ3n) is 4.51. The van der Waals surface area contributed by atoms with E-state index >= 15 is 0 Å². The van der Waals surface area contributed by atoms with E-state index in [0.29, 0.717) is 0 Å². The molecule has 3 rings (SSSR count). The number of fused-ring (bicyclic) bond motifs is 1. The van der Waals surface area contributed by atoms with Crippen molar-refractivity contribution in [1.29, 1.82) is 0 Å². The average Bonchev–Trinajstić information content (AvgIpc) is 2.76. The zero-order chi connectivity index (χ0) is 14.8. The zero-order valence-corrected chi connectivity index (χ0v) is 13.1. The van der Waals surface area contributed by atoms with Gasteiger partial charge in [0.05, 0.1) is 5.69 Å². The second kappa shape index (κ2) is 6.06. The molecule has 2 aromatic rings. The Morgan fingerprint density at radius 3 is 2.86 bits per heavy atom. The molecule has 0 aliphatic heterocycles. The number of nitrogens with two attached hydrogens (primary N) is 1. The molecule has 1 unspecified atom stereocenters. The monoisotopic (exact) mass is 286 g/mol. The molecule has 2 N–H and O–H groups in total. The molecule has 0 amide bonds. The summed E-state index contributed by atoms with van der Waals surface area (Å²) >= 11 is 0. The quantitative estimate of drug-likeness (QED) is 0.888. The van der Waals surface area contributed by atoms with Crippen LogP contribution in [0.25, 0.3) is 5.65 Å². The molecule has 0 radical (unpaired) electrons. The van der Waals surface area contributed by atoms with Gasteiger partial charge in [-0.15, -0.1) is 0 Å². The van der Waals surface area contributed by atoms with Crippen LogP contribution in [0.1, 0.15) is 38.8 Å². The molecule has 1 saturated carbocycles. The summed E-state index contributed by atoms with van der Waals surface area (Å²) in [5, 5.41) is 0. The van der Waals surface area contributed by atoms with Crippen molar-refractivity contribution < 1.29 is 0 Å². The van der Waals surface area contributed by atoms with Crippen molar-refractivity contribution in [3.8, 4) is 0 Å². The summed E-state index contributed by atoms with van der Waals surface area (Å²) in [6.45, 7) is 6.42. The molecule has 1 atom stereocenters. The second-order valence-electron chi connectivity index (χ2n) is 6.33. The van der Waals surface area contributed by atoms with E-state index in [4.69, 9.17) is 10.7 Å². The summed E-state index contributed by atoms with van der Waals surface area (Å²) in [7, 11) is 0. The standard InChI is InChI=1S/C17H26N4/c1-3-20(12-14-7-6-8-14)17-15(11-13(2)18)21-10-5-4-9-16(21)19-17/h4-5,9-10,13-14H,3,6-8,11-12,18H2,1-2H3. The summed E-state index contributed by atoms with van der Waals surface area (Å²) in [6, 6.07) is 6.33. The average molecular weight is 286 g/mol. The van der Waals surface area contributed by atoms with Gasteiger partial charge in [-0.05, 0) is 44.7 Å². The molecule has 1 aliphatic carbocycles. The molecule has 1 fully saturated rings. The molecule has 1 aliphatic rings. The molecular weight excluding hydrogens is 260 g/mol. The molecule has 0 bridgehead atoms. The molecule has 4 heteroatoms. The van der Waals surface area contributed by atoms with Crippen LogP contribution in [-0.2, 0) is 6.42 Å². The van der Waals surface area contributed by atoms with E-state index in [0.717, 1.165) is 36.9 Å². The number of rotatable bonds is 6. The second-order valence-corrected chi connectivity index (χ2v) is 6.33. The summed E-state index contributed by atoms with van der Waals surface area (Å²) in [6.07, 6.45) is 7.08. The van der Waals surface area contributed by atoms with Crippen LogP contribution in [-0.4, -0.2) is 28.5 Å². The van der Waals surface area contributed by atoms with Gasteiger partial charge in [-0.25, -0.2) is 4.98 Å². The largest absolute Gasteiger partial charge is 0.355 e. The molecule has 114 valence electrons. The Kier molecular flexibility index (Phi) is 4.15. The van der Waals surface area contributed by atoms with Crippen molar-refractivity contribution in [3.63, 3.8) is 0 Å². The Bertz CT molecular complexity index is 598. The van der Waals surface area contributed by atoms with Gasteiger partial charge in [-0.3, -0.25) is 0 Å². The highest BCUT2D eigenvalue weighted by molar-refractivity contribution is 5.56. The van der Waals surface area contributed by atoms with Crippen molar-refractivity contribution in [2.24, 2.45) is 11.7 Å². The van der Waals surface area contributed by atoms with Crippen LogP contribution >= 0.6 is 0 Å². The van der Waals surface area contributed by atoms with Crippen LogP contribution < -0.4 is 10.6 Å². The van der Waals surface area contributed by atoms with E-state index in [1.165, 1.54) is 25.0 Å². The normalized spacial score (nSPS) is 16.9. The fourth-order valence-corrected chi connectivity index (χ4v) is 3.13. The molecule has 4 nitrogen and oxygen atoms in total. The van der Waals surface area contributed by atoms with E-state index in [1.807, 2.05) is 6.07 Å². The molecular formula is C17H26N4. The Balaban J connectivity index is 1.97. The fraction of sp³-hybridized carbons (Fsp3) is 0.588. The number of nitrogens with zero attached hydrogens (tertiary/aromatic N) is 3. The van der Waals surface area contributed by atoms with Crippen LogP contribution in [0.15, 0.2) is 24.4 Å². The van der Waals surface area contributed by atoms with Crippen molar-refractivity contribution in [1.82, 2.24) is 9.38 Å². The Morgan fingerprint density at radius 1 is 1.43 bits per heavy atom. The predicted octanol–water partition coefficient (Wildman–Crippen LogP) is 2.85. The third kappa shape index (κ3) is 2.91. The van der Waals surface area contributed by atoms with E-state index in [2.05, 4.69) is 41.5 Å². The summed E-state index contributed by atoms with van der Waals surface area (Å²) in [5.41, 5.74) is 8.34. The van der Waals surface area contributed by atoms with Crippen molar-refractivity contribution >= 4 is 11.5 Å². The maximum absolute atomic E-state index is 6.06. The molecule has 0 aromatic carbocycles. The minimum absolute atomic E-state index is 0.145. The Morgan fingerprint density at radius 2 is 2.24 bits per heavy atom. The van der Waals surface area contributed by atoms with Crippen LogP contribution in [0.2, 0.25) is 0 Å². The van der Waals surface area contributed by atoms with E-state index in [9.17, 15) is 0 Å². The lowest BCUT2D eigenvalue weighted by molar-refractivity contribution is 0.318. The topological polar surface area (TPSA) is 46.6 Å². The number of hydrogen-bond donors (Lipinski definition) is 1. The highest BCUT2D eigenvalue weighted by atomic mass is 15.2. The van der Waals surface area contributed by atoms with Crippen LogP contribution in [0, 0.1) is 5.92 Å². The van der Waals surface area contributed by atoms with Gasteiger partial charge in [0, 0.05) is 31.7 Å². The highest BCUT2D eigenvalue weighted by Crippen LogP contribution is 2.30. The molecule has 0 spiro atoms. The van der Waals surface area contributed by atoms with Gasteiger partial charge >= 0.3 is 0 Å². The SMILES string of the molecule is CCN(CC1CCC1)c1nc2ccccn2c1CC(C)N. The van der Waals surface area contributed by atoms with Crippen molar-refractivity contribution in [2.75, 3.05) is 18.0 Å². The van der Waals surface area contributed by atoms with Gasteiger partial charge in [0.1, 0.15) is 5.65 Å². The van der Waals surface area contributed by atoms with Crippen molar-refractivity contribution in [3.05, 3.63) is 30.1 Å². The lowest BCUT2D eigenvalue weighted by Crippen LogP contribution is -2.33. The van der Waals surface area contributed by atoms with Crippen LogP contribution in [0.4, 0.5) is 5.82 Å². The predicted molar refractivity (Wildman–Crippen MR) is 87.8 cm³/mol.